The molecule has 2 fully saturated rings. The first-order chi connectivity index (χ1) is 14.2. The van der Waals surface area contributed by atoms with Crippen LogP contribution in [0.2, 0.25) is 0 Å². The highest BCUT2D eigenvalue weighted by Gasteiger charge is 2.49. The zero-order valence-electron chi connectivity index (χ0n) is 18.2. The zero-order chi connectivity index (χ0) is 21.5. The minimum absolute atomic E-state index is 0.106. The van der Waals surface area contributed by atoms with Crippen molar-refractivity contribution in [3.05, 3.63) is 65.2 Å². The maximum Gasteiger partial charge on any atom is 0.137 e. The minimum atomic E-state index is -0.758. The van der Waals surface area contributed by atoms with Crippen molar-refractivity contribution in [1.82, 2.24) is 4.90 Å². The fourth-order valence-electron chi connectivity index (χ4n) is 5.31. The Morgan fingerprint density at radius 3 is 2.10 bits per heavy atom. The summed E-state index contributed by atoms with van der Waals surface area (Å²) in [4.78, 5) is 14.1. The molecule has 0 spiro atoms. The van der Waals surface area contributed by atoms with Gasteiger partial charge in [0.1, 0.15) is 12.0 Å². The topological polar surface area (TPSA) is 60.8 Å². The number of hydrogen-bond donors (Lipinski definition) is 2. The Labute approximate surface area is 179 Å². The van der Waals surface area contributed by atoms with Crippen LogP contribution in [0.4, 0.5) is 0 Å². The van der Waals surface area contributed by atoms with E-state index in [4.69, 9.17) is 0 Å². The molecule has 2 aliphatic rings. The Kier molecular flexibility index (Phi) is 5.50. The number of hydrogen-bond acceptors (Lipinski definition) is 4. The maximum absolute atomic E-state index is 11.8. The summed E-state index contributed by atoms with van der Waals surface area (Å²) in [7, 11) is 0. The van der Waals surface area contributed by atoms with E-state index in [1.54, 1.807) is 12.1 Å². The van der Waals surface area contributed by atoms with E-state index >= 15 is 0 Å². The number of fused-ring (bicyclic) bond motifs is 1. The molecule has 0 aromatic heterocycles. The van der Waals surface area contributed by atoms with E-state index in [1.165, 1.54) is 5.56 Å². The fraction of sp³-hybridized carbons (Fsp3) is 0.500. The molecule has 1 aliphatic carbocycles. The molecule has 0 radical (unpaired) electrons. The Bertz CT molecular complexity index is 868. The molecule has 0 bridgehead atoms. The second kappa shape index (κ2) is 7.82. The lowest BCUT2D eigenvalue weighted by atomic mass is 9.84. The molecule has 4 nitrogen and oxygen atoms in total. The summed E-state index contributed by atoms with van der Waals surface area (Å²) in [5, 5.41) is 20.9. The van der Waals surface area contributed by atoms with Crippen LogP contribution in [0.25, 0.3) is 0 Å². The molecule has 4 heteroatoms. The predicted octanol–water partition coefficient (Wildman–Crippen LogP) is 4.03. The SMILES string of the molecule is CC(C)(C)c1ccc(C2(O)CC3CN(C(C=O)Cc4ccc(O)cc4)CC3C2)cc1. The van der Waals surface area contributed by atoms with Crippen molar-refractivity contribution < 1.29 is 15.0 Å². The lowest BCUT2D eigenvalue weighted by molar-refractivity contribution is -0.112. The number of carbonyl (C=O) groups excluding carboxylic acids is 1. The van der Waals surface area contributed by atoms with Crippen LogP contribution in [0.3, 0.4) is 0 Å². The second-order valence-corrected chi connectivity index (χ2v) is 10.3. The van der Waals surface area contributed by atoms with Crippen molar-refractivity contribution in [1.29, 1.82) is 0 Å². The Morgan fingerprint density at radius 2 is 1.60 bits per heavy atom. The van der Waals surface area contributed by atoms with Crippen LogP contribution >= 0.6 is 0 Å². The van der Waals surface area contributed by atoms with Crippen LogP contribution in [-0.4, -0.2) is 40.5 Å². The van der Waals surface area contributed by atoms with Crippen LogP contribution in [0.15, 0.2) is 48.5 Å². The number of aldehydes is 1. The van der Waals surface area contributed by atoms with Crippen LogP contribution < -0.4 is 0 Å². The van der Waals surface area contributed by atoms with E-state index in [-0.39, 0.29) is 17.2 Å². The lowest BCUT2D eigenvalue weighted by Crippen LogP contribution is -2.38. The van der Waals surface area contributed by atoms with Gasteiger partial charge in [-0.2, -0.15) is 0 Å². The minimum Gasteiger partial charge on any atom is -0.508 e. The zero-order valence-corrected chi connectivity index (χ0v) is 18.2. The maximum atomic E-state index is 11.8. The highest BCUT2D eigenvalue weighted by Crippen LogP contribution is 2.49. The van der Waals surface area contributed by atoms with E-state index in [2.05, 4.69) is 49.9 Å². The molecule has 1 aliphatic heterocycles. The molecule has 2 N–H and O–H groups in total. The van der Waals surface area contributed by atoms with Crippen molar-refractivity contribution in [2.45, 2.75) is 57.1 Å². The first-order valence-electron chi connectivity index (χ1n) is 11.0. The van der Waals surface area contributed by atoms with Crippen molar-refractivity contribution in [3.8, 4) is 5.75 Å². The van der Waals surface area contributed by atoms with Gasteiger partial charge >= 0.3 is 0 Å². The number of nitrogens with zero attached hydrogens (tertiary/aromatic N) is 1. The third-order valence-corrected chi connectivity index (χ3v) is 7.10. The number of phenols is 1. The quantitative estimate of drug-likeness (QED) is 0.735. The summed E-state index contributed by atoms with van der Waals surface area (Å²) in [5.41, 5.74) is 2.70. The first kappa shape index (κ1) is 21.1. The molecule has 160 valence electrons. The van der Waals surface area contributed by atoms with Crippen LogP contribution in [0.1, 0.15) is 50.3 Å². The molecular weight excluding hydrogens is 374 g/mol. The van der Waals surface area contributed by atoms with Crippen molar-refractivity contribution >= 4 is 6.29 Å². The molecule has 3 atom stereocenters. The van der Waals surface area contributed by atoms with Gasteiger partial charge in [-0.25, -0.2) is 0 Å². The molecular formula is C26H33NO3. The van der Waals surface area contributed by atoms with Gasteiger partial charge in [-0.1, -0.05) is 57.2 Å². The van der Waals surface area contributed by atoms with Gasteiger partial charge in [0.2, 0.25) is 0 Å². The van der Waals surface area contributed by atoms with Crippen molar-refractivity contribution in [2.24, 2.45) is 11.8 Å². The molecule has 1 saturated heterocycles. The highest BCUT2D eigenvalue weighted by atomic mass is 16.3. The number of likely N-dealkylation sites (tertiary alicyclic amines) is 1. The summed E-state index contributed by atoms with van der Waals surface area (Å²) in [6, 6.07) is 15.4. The van der Waals surface area contributed by atoms with Crippen molar-refractivity contribution in [2.75, 3.05) is 13.1 Å². The van der Waals surface area contributed by atoms with Gasteiger partial charge in [-0.3, -0.25) is 4.90 Å². The number of rotatable bonds is 5. The van der Waals surface area contributed by atoms with Gasteiger partial charge in [0.15, 0.2) is 0 Å². The van der Waals surface area contributed by atoms with E-state index in [9.17, 15) is 15.0 Å². The third-order valence-electron chi connectivity index (χ3n) is 7.10. The van der Waals surface area contributed by atoms with Gasteiger partial charge in [0.05, 0.1) is 11.6 Å². The smallest absolute Gasteiger partial charge is 0.137 e. The highest BCUT2D eigenvalue weighted by molar-refractivity contribution is 5.58. The predicted molar refractivity (Wildman–Crippen MR) is 118 cm³/mol. The van der Waals surface area contributed by atoms with E-state index < -0.39 is 5.60 Å². The lowest BCUT2D eigenvalue weighted by Gasteiger charge is -2.29. The molecule has 30 heavy (non-hydrogen) atoms. The normalized spacial score (nSPS) is 27.7. The second-order valence-electron chi connectivity index (χ2n) is 10.3. The van der Waals surface area contributed by atoms with E-state index in [0.717, 1.165) is 43.3 Å². The average Bonchev–Trinajstić information content (AvgIpc) is 3.22. The molecule has 2 aromatic carbocycles. The molecule has 1 heterocycles. The molecule has 2 aromatic rings. The average molecular weight is 408 g/mol. The van der Waals surface area contributed by atoms with Gasteiger partial charge in [-0.15, -0.1) is 0 Å². The summed E-state index contributed by atoms with van der Waals surface area (Å²) in [6.45, 7) is 8.32. The van der Waals surface area contributed by atoms with Crippen molar-refractivity contribution in [3.63, 3.8) is 0 Å². The summed E-state index contributed by atoms with van der Waals surface area (Å²) in [6.07, 6.45) is 3.22. The molecule has 1 saturated carbocycles. The van der Waals surface area contributed by atoms with E-state index in [0.29, 0.717) is 18.3 Å². The van der Waals surface area contributed by atoms with Gasteiger partial charge in [0, 0.05) is 13.1 Å². The van der Waals surface area contributed by atoms with Crippen LogP contribution in [0.5, 0.6) is 5.75 Å². The molecule has 4 rings (SSSR count). The van der Waals surface area contributed by atoms with E-state index in [1.807, 2.05) is 12.1 Å². The Balaban J connectivity index is 1.41. The third kappa shape index (κ3) is 4.17. The molecule has 3 unspecified atom stereocenters. The van der Waals surface area contributed by atoms with Crippen LogP contribution in [-0.2, 0) is 22.2 Å². The standard InChI is InChI=1S/C26H33NO3/c1-25(2,3)21-6-8-22(9-7-21)26(30)13-19-15-27(16-20(19)14-26)23(17-28)12-18-4-10-24(29)11-5-18/h4-11,17,19-20,23,29-30H,12-16H2,1-3H3. The number of carbonyl (C=O) groups is 1. The molecule has 0 amide bonds. The largest absolute Gasteiger partial charge is 0.508 e. The summed E-state index contributed by atoms with van der Waals surface area (Å²) >= 11 is 0. The Morgan fingerprint density at radius 1 is 1.03 bits per heavy atom. The number of benzene rings is 2. The Hall–Kier alpha value is -2.17. The fourth-order valence-corrected chi connectivity index (χ4v) is 5.31. The first-order valence-corrected chi connectivity index (χ1v) is 11.0. The number of aromatic hydroxyl groups is 1. The van der Waals surface area contributed by atoms with Crippen LogP contribution in [0, 0.1) is 11.8 Å². The number of phenolic OH excluding ortho intramolecular Hbond substituents is 1. The number of aliphatic hydroxyl groups is 1. The van der Waals surface area contributed by atoms with Gasteiger partial charge in [0.25, 0.3) is 0 Å². The van der Waals surface area contributed by atoms with Gasteiger partial charge < -0.3 is 15.0 Å². The summed E-state index contributed by atoms with van der Waals surface area (Å²) < 4.78 is 0. The van der Waals surface area contributed by atoms with Gasteiger partial charge in [-0.05, 0) is 65.3 Å². The monoisotopic (exact) mass is 407 g/mol. The summed E-state index contributed by atoms with van der Waals surface area (Å²) in [5.74, 6) is 1.08.